The molecule has 1 aromatic heterocycles. The van der Waals surface area contributed by atoms with E-state index in [4.69, 9.17) is 5.11 Å². The summed E-state index contributed by atoms with van der Waals surface area (Å²) in [5, 5.41) is 21.5. The Morgan fingerprint density at radius 3 is 3.00 bits per heavy atom. The second-order valence-electron chi connectivity index (χ2n) is 4.21. The van der Waals surface area contributed by atoms with Crippen LogP contribution in [0.2, 0.25) is 0 Å². The van der Waals surface area contributed by atoms with Gasteiger partial charge in [-0.3, -0.25) is 4.79 Å². The molecular weight excluding hydrogens is 272 g/mol. The van der Waals surface area contributed by atoms with Crippen molar-refractivity contribution in [3.8, 4) is 0 Å². The molecule has 0 radical (unpaired) electrons. The van der Waals surface area contributed by atoms with Crippen molar-refractivity contribution in [2.24, 2.45) is 0 Å². The maximum Gasteiger partial charge on any atom is 0.313 e. The van der Waals surface area contributed by atoms with Gasteiger partial charge in [-0.25, -0.2) is 4.68 Å². The van der Waals surface area contributed by atoms with Crippen LogP contribution in [0.1, 0.15) is 31.7 Å². The topological polar surface area (TPSA) is 80.9 Å². The number of rotatable bonds is 5. The zero-order chi connectivity index (χ0) is 13.0. The predicted octanol–water partition coefficient (Wildman–Crippen LogP) is 1.70. The smallest absolute Gasteiger partial charge is 0.313 e. The van der Waals surface area contributed by atoms with Crippen LogP contribution in [-0.4, -0.2) is 48.5 Å². The van der Waals surface area contributed by atoms with Gasteiger partial charge in [0.25, 0.3) is 0 Å². The first kappa shape index (κ1) is 13.7. The molecule has 0 aliphatic heterocycles. The Bertz CT molecular complexity index is 412. The van der Waals surface area contributed by atoms with Gasteiger partial charge < -0.3 is 5.11 Å². The molecule has 2 atom stereocenters. The van der Waals surface area contributed by atoms with Crippen LogP contribution >= 0.6 is 23.5 Å². The van der Waals surface area contributed by atoms with Crippen LogP contribution < -0.4 is 0 Å². The summed E-state index contributed by atoms with van der Waals surface area (Å²) in [6.45, 7) is 0. The Morgan fingerprint density at radius 2 is 2.28 bits per heavy atom. The number of carboxylic acid groups (broad SMARTS) is 1. The highest BCUT2D eigenvalue weighted by atomic mass is 32.2. The zero-order valence-electron chi connectivity index (χ0n) is 10.2. The largest absolute Gasteiger partial charge is 0.481 e. The maximum absolute atomic E-state index is 10.6. The summed E-state index contributed by atoms with van der Waals surface area (Å²) in [4.78, 5) is 10.6. The second kappa shape index (κ2) is 6.42. The van der Waals surface area contributed by atoms with Gasteiger partial charge in [-0.2, -0.15) is 11.8 Å². The first-order valence-electron chi connectivity index (χ1n) is 5.87. The van der Waals surface area contributed by atoms with Gasteiger partial charge in [-0.1, -0.05) is 24.6 Å². The number of carboxylic acids is 1. The Morgan fingerprint density at radius 1 is 1.50 bits per heavy atom. The van der Waals surface area contributed by atoms with Crippen molar-refractivity contribution in [2.75, 3.05) is 12.0 Å². The molecule has 0 amide bonds. The van der Waals surface area contributed by atoms with Crippen molar-refractivity contribution in [3.63, 3.8) is 0 Å². The first-order chi connectivity index (χ1) is 8.72. The molecular formula is C10H16N4O2S2. The summed E-state index contributed by atoms with van der Waals surface area (Å²) in [5.41, 5.74) is 0. The average molecular weight is 288 g/mol. The van der Waals surface area contributed by atoms with Crippen LogP contribution in [0.4, 0.5) is 0 Å². The third kappa shape index (κ3) is 3.17. The standard InChI is InChI=1S/C10H16N4O2S2/c1-17-8-5-3-2-4-7(8)14-10(11-12-13-14)18-6-9(15)16/h7-8H,2-6H2,1H3,(H,15,16). The fourth-order valence-electron chi connectivity index (χ4n) is 2.25. The Kier molecular flexibility index (Phi) is 4.87. The normalized spacial score (nSPS) is 24.1. The lowest BCUT2D eigenvalue weighted by Crippen LogP contribution is -2.26. The first-order valence-corrected chi connectivity index (χ1v) is 8.15. The molecule has 0 saturated heterocycles. The molecule has 1 heterocycles. The highest BCUT2D eigenvalue weighted by molar-refractivity contribution is 7.99. The van der Waals surface area contributed by atoms with E-state index >= 15 is 0 Å². The molecule has 1 aliphatic carbocycles. The third-order valence-corrected chi connectivity index (χ3v) is 5.15. The fourth-order valence-corrected chi connectivity index (χ4v) is 3.87. The molecule has 6 nitrogen and oxygen atoms in total. The van der Waals surface area contributed by atoms with Crippen LogP contribution in [0.3, 0.4) is 0 Å². The van der Waals surface area contributed by atoms with E-state index in [1.165, 1.54) is 31.0 Å². The van der Waals surface area contributed by atoms with E-state index < -0.39 is 5.97 Å². The predicted molar refractivity (Wildman–Crippen MR) is 71.0 cm³/mol. The molecule has 1 N–H and O–H groups in total. The molecule has 1 saturated carbocycles. The maximum atomic E-state index is 10.6. The Labute approximate surface area is 114 Å². The Hall–Kier alpha value is -0.760. The quantitative estimate of drug-likeness (QED) is 0.826. The molecule has 2 rings (SSSR count). The lowest BCUT2D eigenvalue weighted by Gasteiger charge is -2.30. The summed E-state index contributed by atoms with van der Waals surface area (Å²) < 4.78 is 1.81. The van der Waals surface area contributed by atoms with Crippen molar-refractivity contribution in [1.29, 1.82) is 0 Å². The molecule has 1 aromatic rings. The van der Waals surface area contributed by atoms with Crippen molar-refractivity contribution >= 4 is 29.5 Å². The van der Waals surface area contributed by atoms with E-state index in [2.05, 4.69) is 21.8 Å². The van der Waals surface area contributed by atoms with Crippen molar-refractivity contribution < 1.29 is 9.90 Å². The molecule has 8 heteroatoms. The van der Waals surface area contributed by atoms with Crippen LogP contribution in [0.25, 0.3) is 0 Å². The second-order valence-corrected chi connectivity index (χ2v) is 6.23. The number of carbonyl (C=O) groups is 1. The molecule has 0 aromatic carbocycles. The molecule has 18 heavy (non-hydrogen) atoms. The monoisotopic (exact) mass is 288 g/mol. The van der Waals surface area contributed by atoms with E-state index in [1.807, 2.05) is 16.4 Å². The number of aliphatic carboxylic acids is 1. The zero-order valence-corrected chi connectivity index (χ0v) is 11.8. The van der Waals surface area contributed by atoms with Gasteiger partial charge in [-0.05, 0) is 29.5 Å². The fraction of sp³-hybridized carbons (Fsp3) is 0.800. The lowest BCUT2D eigenvalue weighted by molar-refractivity contribution is -0.133. The minimum absolute atomic E-state index is 0.00295. The van der Waals surface area contributed by atoms with Crippen molar-refractivity contribution in [1.82, 2.24) is 20.2 Å². The number of hydrogen-bond donors (Lipinski definition) is 1. The Balaban J connectivity index is 2.11. The third-order valence-electron chi connectivity index (χ3n) is 3.07. The van der Waals surface area contributed by atoms with Crippen LogP contribution in [-0.2, 0) is 4.79 Å². The molecule has 0 bridgehead atoms. The molecule has 0 spiro atoms. The number of thioether (sulfide) groups is 2. The molecule has 1 aliphatic rings. The minimum atomic E-state index is -0.848. The SMILES string of the molecule is CSC1CCCCC1n1nnnc1SCC(=O)O. The average Bonchev–Trinajstić information content (AvgIpc) is 2.84. The van der Waals surface area contributed by atoms with Gasteiger partial charge in [0.1, 0.15) is 0 Å². The van der Waals surface area contributed by atoms with E-state index in [-0.39, 0.29) is 5.75 Å². The van der Waals surface area contributed by atoms with Gasteiger partial charge in [0.2, 0.25) is 5.16 Å². The van der Waals surface area contributed by atoms with Crippen molar-refractivity contribution in [2.45, 2.75) is 42.1 Å². The number of hydrogen-bond acceptors (Lipinski definition) is 6. The van der Waals surface area contributed by atoms with E-state index in [9.17, 15) is 4.79 Å². The summed E-state index contributed by atoms with van der Waals surface area (Å²) in [7, 11) is 0. The van der Waals surface area contributed by atoms with Crippen LogP contribution in [0, 0.1) is 0 Å². The van der Waals surface area contributed by atoms with Gasteiger partial charge in [-0.15, -0.1) is 5.10 Å². The van der Waals surface area contributed by atoms with Gasteiger partial charge >= 0.3 is 5.97 Å². The van der Waals surface area contributed by atoms with Gasteiger partial charge in [0.15, 0.2) is 0 Å². The summed E-state index contributed by atoms with van der Waals surface area (Å²) in [6.07, 6.45) is 6.79. The van der Waals surface area contributed by atoms with Crippen LogP contribution in [0.5, 0.6) is 0 Å². The van der Waals surface area contributed by atoms with Crippen molar-refractivity contribution in [3.05, 3.63) is 0 Å². The highest BCUT2D eigenvalue weighted by Crippen LogP contribution is 2.36. The van der Waals surface area contributed by atoms with E-state index in [0.717, 1.165) is 6.42 Å². The summed E-state index contributed by atoms with van der Waals surface area (Å²) in [6, 6.07) is 0.292. The lowest BCUT2D eigenvalue weighted by atomic mass is 9.95. The van der Waals surface area contributed by atoms with E-state index in [1.54, 1.807) is 0 Å². The summed E-state index contributed by atoms with van der Waals surface area (Å²) in [5.74, 6) is -0.851. The van der Waals surface area contributed by atoms with E-state index in [0.29, 0.717) is 16.4 Å². The summed E-state index contributed by atoms with van der Waals surface area (Å²) >= 11 is 3.03. The van der Waals surface area contributed by atoms with Crippen LogP contribution in [0.15, 0.2) is 5.16 Å². The highest BCUT2D eigenvalue weighted by Gasteiger charge is 2.29. The van der Waals surface area contributed by atoms with Gasteiger partial charge in [0, 0.05) is 5.25 Å². The number of nitrogens with zero attached hydrogens (tertiary/aromatic N) is 4. The number of aromatic nitrogens is 4. The molecule has 2 unspecified atom stereocenters. The van der Waals surface area contributed by atoms with Gasteiger partial charge in [0.05, 0.1) is 11.8 Å². The minimum Gasteiger partial charge on any atom is -0.481 e. The number of tetrazole rings is 1. The molecule has 100 valence electrons. The molecule has 1 fully saturated rings.